The molecule has 2 nitrogen and oxygen atoms in total. The average molecular weight is 301 g/mol. The summed E-state index contributed by atoms with van der Waals surface area (Å²) in [5, 5.41) is 3.01. The van der Waals surface area contributed by atoms with Crippen molar-refractivity contribution in [3.8, 4) is 0 Å². The quantitative estimate of drug-likeness (QED) is 0.814. The van der Waals surface area contributed by atoms with E-state index in [-0.39, 0.29) is 11.2 Å². The Morgan fingerprint density at radius 3 is 2.43 bits per heavy atom. The molecule has 112 valence electrons. The molecule has 1 heterocycles. The fourth-order valence-electron chi connectivity index (χ4n) is 2.03. The van der Waals surface area contributed by atoms with Crippen molar-refractivity contribution >= 4 is 17.1 Å². The van der Waals surface area contributed by atoms with Crippen LogP contribution in [0.15, 0.2) is 29.6 Å². The number of ketones is 1. The summed E-state index contributed by atoms with van der Waals surface area (Å²) in [5.41, 5.74) is 3.61. The third-order valence-electron chi connectivity index (χ3n) is 3.48. The van der Waals surface area contributed by atoms with E-state index in [0.717, 1.165) is 17.1 Å². The molecule has 0 atom stereocenters. The minimum atomic E-state index is 0.0553. The van der Waals surface area contributed by atoms with E-state index in [4.69, 9.17) is 0 Å². The molecule has 0 unspecified atom stereocenters. The van der Waals surface area contributed by atoms with Gasteiger partial charge in [0.2, 0.25) is 0 Å². The van der Waals surface area contributed by atoms with Crippen LogP contribution in [0.25, 0.3) is 0 Å². The first-order chi connectivity index (χ1) is 9.84. The van der Waals surface area contributed by atoms with Crippen LogP contribution in [0.1, 0.15) is 49.0 Å². The van der Waals surface area contributed by atoms with Gasteiger partial charge in [0, 0.05) is 17.2 Å². The highest BCUT2D eigenvalue weighted by atomic mass is 32.1. The van der Waals surface area contributed by atoms with Crippen molar-refractivity contribution in [3.05, 3.63) is 51.5 Å². The summed E-state index contributed by atoms with van der Waals surface area (Å²) >= 11 is 1.60. The molecular weight excluding hydrogens is 278 g/mol. The van der Waals surface area contributed by atoms with E-state index >= 15 is 0 Å². The van der Waals surface area contributed by atoms with Gasteiger partial charge in [-0.3, -0.25) is 4.79 Å². The summed E-state index contributed by atoms with van der Waals surface area (Å²) in [4.78, 5) is 16.7. The van der Waals surface area contributed by atoms with Gasteiger partial charge in [0.15, 0.2) is 0 Å². The molecule has 0 aliphatic rings. The number of benzene rings is 1. The zero-order chi connectivity index (χ0) is 15.5. The molecule has 21 heavy (non-hydrogen) atoms. The summed E-state index contributed by atoms with van der Waals surface area (Å²) in [6, 6.07) is 8.39. The SMILES string of the molecule is Cc1ccc(CCC(=O)Cc2nc(C(C)(C)C)cs2)cc1. The Morgan fingerprint density at radius 1 is 1.19 bits per heavy atom. The second-order valence-electron chi connectivity index (χ2n) is 6.58. The van der Waals surface area contributed by atoms with Crippen LogP contribution in [-0.4, -0.2) is 10.8 Å². The topological polar surface area (TPSA) is 30.0 Å². The Balaban J connectivity index is 1.87. The summed E-state index contributed by atoms with van der Waals surface area (Å²) in [6.07, 6.45) is 1.87. The van der Waals surface area contributed by atoms with Crippen molar-refractivity contribution in [2.45, 2.75) is 52.4 Å². The van der Waals surface area contributed by atoms with Crippen molar-refractivity contribution in [1.82, 2.24) is 4.98 Å². The van der Waals surface area contributed by atoms with Crippen LogP contribution in [0.5, 0.6) is 0 Å². The number of nitrogens with zero attached hydrogens (tertiary/aromatic N) is 1. The van der Waals surface area contributed by atoms with E-state index in [1.807, 2.05) is 0 Å². The molecule has 0 fully saturated rings. The van der Waals surface area contributed by atoms with Gasteiger partial charge in [-0.1, -0.05) is 50.6 Å². The zero-order valence-corrected chi connectivity index (χ0v) is 14.1. The number of aromatic nitrogens is 1. The lowest BCUT2D eigenvalue weighted by Gasteiger charge is -2.14. The van der Waals surface area contributed by atoms with Crippen LogP contribution in [0.4, 0.5) is 0 Å². The van der Waals surface area contributed by atoms with E-state index in [1.165, 1.54) is 11.1 Å². The lowest BCUT2D eigenvalue weighted by Crippen LogP contribution is -2.12. The molecule has 0 N–H and O–H groups in total. The van der Waals surface area contributed by atoms with Gasteiger partial charge in [-0.25, -0.2) is 4.98 Å². The molecule has 0 radical (unpaired) electrons. The summed E-state index contributed by atoms with van der Waals surface area (Å²) < 4.78 is 0. The average Bonchev–Trinajstić information content (AvgIpc) is 2.86. The van der Waals surface area contributed by atoms with Crippen LogP contribution in [0, 0.1) is 6.92 Å². The number of Topliss-reactive ketones (excluding diaryl/α,β-unsaturated/α-hetero) is 1. The lowest BCUT2D eigenvalue weighted by molar-refractivity contribution is -0.118. The molecule has 0 aliphatic carbocycles. The van der Waals surface area contributed by atoms with Gasteiger partial charge in [-0.15, -0.1) is 11.3 Å². The van der Waals surface area contributed by atoms with E-state index in [1.54, 1.807) is 11.3 Å². The Hall–Kier alpha value is -1.48. The van der Waals surface area contributed by atoms with Crippen molar-refractivity contribution in [2.24, 2.45) is 0 Å². The fourth-order valence-corrected chi connectivity index (χ4v) is 3.08. The minimum absolute atomic E-state index is 0.0553. The van der Waals surface area contributed by atoms with Crippen LogP contribution in [0.3, 0.4) is 0 Å². The van der Waals surface area contributed by atoms with Gasteiger partial charge in [-0.2, -0.15) is 0 Å². The Kier molecular flexibility index (Phi) is 4.94. The predicted molar refractivity (Wildman–Crippen MR) is 89.0 cm³/mol. The van der Waals surface area contributed by atoms with Gasteiger partial charge < -0.3 is 0 Å². The van der Waals surface area contributed by atoms with Gasteiger partial charge in [-0.05, 0) is 18.9 Å². The normalized spacial score (nSPS) is 11.6. The number of thiazole rings is 1. The zero-order valence-electron chi connectivity index (χ0n) is 13.3. The maximum absolute atomic E-state index is 12.1. The number of carbonyl (C=O) groups is 1. The summed E-state index contributed by atoms with van der Waals surface area (Å²) in [6.45, 7) is 8.51. The largest absolute Gasteiger partial charge is 0.299 e. The third-order valence-corrected chi connectivity index (χ3v) is 4.33. The highest BCUT2D eigenvalue weighted by Crippen LogP contribution is 2.24. The molecule has 1 aromatic heterocycles. The van der Waals surface area contributed by atoms with Gasteiger partial charge in [0.1, 0.15) is 10.8 Å². The smallest absolute Gasteiger partial charge is 0.140 e. The first-order valence-corrected chi connectivity index (χ1v) is 8.25. The molecule has 0 spiro atoms. The molecule has 0 aliphatic heterocycles. The van der Waals surface area contributed by atoms with Crippen molar-refractivity contribution < 1.29 is 4.79 Å². The molecule has 3 heteroatoms. The maximum atomic E-state index is 12.1. The fraction of sp³-hybridized carbons (Fsp3) is 0.444. The number of carbonyl (C=O) groups excluding carboxylic acids is 1. The lowest BCUT2D eigenvalue weighted by atomic mass is 9.93. The molecule has 2 rings (SSSR count). The van der Waals surface area contributed by atoms with Crippen LogP contribution in [0.2, 0.25) is 0 Å². The van der Waals surface area contributed by atoms with Crippen molar-refractivity contribution in [1.29, 1.82) is 0 Å². The maximum Gasteiger partial charge on any atom is 0.140 e. The third kappa shape index (κ3) is 4.78. The molecule has 0 bridgehead atoms. The first kappa shape index (κ1) is 15.9. The monoisotopic (exact) mass is 301 g/mol. The van der Waals surface area contributed by atoms with Gasteiger partial charge in [0.25, 0.3) is 0 Å². The van der Waals surface area contributed by atoms with E-state index in [2.05, 4.69) is 62.3 Å². The standard InChI is InChI=1S/C18H23NOS/c1-13-5-7-14(8-6-13)9-10-15(20)11-17-19-16(12-21-17)18(2,3)4/h5-8,12H,9-11H2,1-4H3. The number of hydrogen-bond acceptors (Lipinski definition) is 3. The predicted octanol–water partition coefficient (Wildman–Crippen LogP) is 4.49. The Morgan fingerprint density at radius 2 is 1.86 bits per heavy atom. The van der Waals surface area contributed by atoms with E-state index < -0.39 is 0 Å². The van der Waals surface area contributed by atoms with Crippen LogP contribution < -0.4 is 0 Å². The molecule has 0 saturated carbocycles. The first-order valence-electron chi connectivity index (χ1n) is 7.37. The second-order valence-corrected chi connectivity index (χ2v) is 7.52. The Labute approximate surface area is 131 Å². The summed E-state index contributed by atoms with van der Waals surface area (Å²) in [5.74, 6) is 0.269. The van der Waals surface area contributed by atoms with Crippen molar-refractivity contribution in [3.63, 3.8) is 0 Å². The van der Waals surface area contributed by atoms with Gasteiger partial charge in [0.05, 0.1) is 12.1 Å². The highest BCUT2D eigenvalue weighted by Gasteiger charge is 2.18. The van der Waals surface area contributed by atoms with E-state index in [9.17, 15) is 4.79 Å². The molecule has 1 aromatic carbocycles. The number of hydrogen-bond donors (Lipinski definition) is 0. The molecular formula is C18H23NOS. The number of rotatable bonds is 5. The van der Waals surface area contributed by atoms with E-state index in [0.29, 0.717) is 12.8 Å². The van der Waals surface area contributed by atoms with Crippen molar-refractivity contribution in [2.75, 3.05) is 0 Å². The summed E-state index contributed by atoms with van der Waals surface area (Å²) in [7, 11) is 0. The molecule has 0 amide bonds. The van der Waals surface area contributed by atoms with Gasteiger partial charge >= 0.3 is 0 Å². The molecule has 0 saturated heterocycles. The highest BCUT2D eigenvalue weighted by molar-refractivity contribution is 7.09. The Bertz CT molecular complexity index is 605. The minimum Gasteiger partial charge on any atom is -0.299 e. The van der Waals surface area contributed by atoms with Crippen LogP contribution in [-0.2, 0) is 23.1 Å². The molecule has 2 aromatic rings. The number of aryl methyl sites for hydroxylation is 2. The second kappa shape index (κ2) is 6.52. The van der Waals surface area contributed by atoms with Crippen LogP contribution >= 0.6 is 11.3 Å².